The van der Waals surface area contributed by atoms with Crippen molar-refractivity contribution in [1.82, 2.24) is 15.8 Å². The molecule has 0 saturated carbocycles. The Hall–Kier alpha value is -3.37. The van der Waals surface area contributed by atoms with Gasteiger partial charge in [-0.1, -0.05) is 48.2 Å². The van der Waals surface area contributed by atoms with Gasteiger partial charge in [-0.3, -0.25) is 30.1 Å². The second-order valence-electron chi connectivity index (χ2n) is 6.57. The number of ether oxygens (including phenoxy) is 2. The van der Waals surface area contributed by atoms with Crippen LogP contribution in [0.3, 0.4) is 0 Å². The zero-order valence-corrected chi connectivity index (χ0v) is 19.0. The van der Waals surface area contributed by atoms with Crippen LogP contribution in [0, 0.1) is 0 Å². The van der Waals surface area contributed by atoms with E-state index in [1.165, 1.54) is 12.0 Å². The minimum atomic E-state index is -0.438. The fourth-order valence-electron chi connectivity index (χ4n) is 2.85. The van der Waals surface area contributed by atoms with Gasteiger partial charge in [-0.2, -0.15) is 0 Å². The number of hydrazine groups is 1. The Kier molecular flexibility index (Phi) is 7.85. The Morgan fingerprint density at radius 1 is 1.06 bits per heavy atom. The molecule has 8 nitrogen and oxygen atoms in total. The fraction of sp³-hybridized carbons (Fsp3) is 0.182. The van der Waals surface area contributed by atoms with Crippen molar-refractivity contribution in [2.24, 2.45) is 0 Å². The number of carbonyl (C=O) groups is 3. The molecule has 0 radical (unpaired) electrons. The van der Waals surface area contributed by atoms with Gasteiger partial charge in [0.2, 0.25) is 5.91 Å². The first-order valence-corrected chi connectivity index (χ1v) is 10.8. The van der Waals surface area contributed by atoms with Crippen LogP contribution in [-0.4, -0.2) is 47.7 Å². The van der Waals surface area contributed by atoms with Crippen molar-refractivity contribution in [1.29, 1.82) is 0 Å². The van der Waals surface area contributed by atoms with Crippen molar-refractivity contribution in [2.45, 2.75) is 6.42 Å². The number of carbonyl (C=O) groups excluding carboxylic acids is 3. The lowest BCUT2D eigenvalue weighted by atomic mass is 10.2. The summed E-state index contributed by atoms with van der Waals surface area (Å²) in [6.07, 6.45) is 1.69. The van der Waals surface area contributed by atoms with E-state index in [0.29, 0.717) is 26.3 Å². The minimum absolute atomic E-state index is 0.0227. The van der Waals surface area contributed by atoms with Crippen molar-refractivity contribution in [3.8, 4) is 11.5 Å². The number of thioether (sulfide) groups is 1. The number of amides is 3. The number of thiocarbonyl (C=S) groups is 1. The summed E-state index contributed by atoms with van der Waals surface area (Å²) in [4.78, 5) is 38.6. The molecule has 0 aliphatic carbocycles. The highest BCUT2D eigenvalue weighted by molar-refractivity contribution is 8.26. The maximum atomic E-state index is 12.8. The number of nitrogens with one attached hydrogen (secondary N) is 2. The van der Waals surface area contributed by atoms with Gasteiger partial charge in [-0.05, 0) is 35.9 Å². The lowest BCUT2D eigenvalue weighted by molar-refractivity contribution is -0.124. The molecule has 0 atom stereocenters. The van der Waals surface area contributed by atoms with Crippen molar-refractivity contribution in [3.05, 3.63) is 64.6 Å². The van der Waals surface area contributed by atoms with Crippen LogP contribution in [0.2, 0.25) is 0 Å². The average molecular weight is 472 g/mol. The van der Waals surface area contributed by atoms with Crippen LogP contribution < -0.4 is 20.3 Å². The molecule has 1 aliphatic rings. The highest BCUT2D eigenvalue weighted by atomic mass is 32.2. The van der Waals surface area contributed by atoms with E-state index in [-0.39, 0.29) is 18.9 Å². The standard InChI is InChI=1S/C22H21N3O5S2/c1-29-16-9-8-14(12-17(16)30-2)13-18-21(28)25(22(31)32-18)11-10-19(26)23-24-20(27)15-6-4-3-5-7-15/h3-9,12-13H,10-11H2,1-2H3,(H,23,26)(H,24,27). The summed E-state index contributed by atoms with van der Waals surface area (Å²) in [5.74, 6) is -0.0148. The number of methoxy groups -OCH3 is 2. The van der Waals surface area contributed by atoms with E-state index < -0.39 is 11.8 Å². The Bertz CT molecular complexity index is 1070. The Morgan fingerprint density at radius 3 is 2.47 bits per heavy atom. The van der Waals surface area contributed by atoms with Gasteiger partial charge in [0.05, 0.1) is 19.1 Å². The SMILES string of the molecule is COc1ccc(C=C2SC(=S)N(CCC(=O)NNC(=O)c3ccccc3)C2=O)cc1OC. The van der Waals surface area contributed by atoms with Gasteiger partial charge in [-0.25, -0.2) is 0 Å². The van der Waals surface area contributed by atoms with Crippen molar-refractivity contribution >= 4 is 52.1 Å². The quantitative estimate of drug-likeness (QED) is 0.364. The van der Waals surface area contributed by atoms with Gasteiger partial charge in [0.15, 0.2) is 11.5 Å². The lowest BCUT2D eigenvalue weighted by Crippen LogP contribution is -2.43. The minimum Gasteiger partial charge on any atom is -0.493 e. The molecule has 0 bridgehead atoms. The van der Waals surface area contributed by atoms with Gasteiger partial charge < -0.3 is 9.47 Å². The molecule has 3 amide bonds. The van der Waals surface area contributed by atoms with Crippen molar-refractivity contribution in [3.63, 3.8) is 0 Å². The predicted molar refractivity (Wildman–Crippen MR) is 126 cm³/mol. The molecule has 3 rings (SSSR count). The lowest BCUT2D eigenvalue weighted by Gasteiger charge is -2.14. The summed E-state index contributed by atoms with van der Waals surface area (Å²) >= 11 is 6.46. The first kappa shape index (κ1) is 23.3. The maximum absolute atomic E-state index is 12.8. The molecule has 0 unspecified atom stereocenters. The largest absolute Gasteiger partial charge is 0.493 e. The topological polar surface area (TPSA) is 97.0 Å². The van der Waals surface area contributed by atoms with Crippen LogP contribution in [0.4, 0.5) is 0 Å². The van der Waals surface area contributed by atoms with E-state index in [2.05, 4.69) is 10.9 Å². The summed E-state index contributed by atoms with van der Waals surface area (Å²) < 4.78 is 10.9. The van der Waals surface area contributed by atoms with Crippen LogP contribution in [0.1, 0.15) is 22.3 Å². The van der Waals surface area contributed by atoms with Crippen molar-refractivity contribution in [2.75, 3.05) is 20.8 Å². The van der Waals surface area contributed by atoms with Gasteiger partial charge in [0.25, 0.3) is 11.8 Å². The van der Waals surface area contributed by atoms with Gasteiger partial charge in [-0.15, -0.1) is 0 Å². The van der Waals surface area contributed by atoms with Crippen LogP contribution in [0.5, 0.6) is 11.5 Å². The number of rotatable bonds is 7. The highest BCUT2D eigenvalue weighted by Gasteiger charge is 2.32. The second-order valence-corrected chi connectivity index (χ2v) is 8.24. The third-order valence-electron chi connectivity index (χ3n) is 4.49. The van der Waals surface area contributed by atoms with Crippen LogP contribution in [0.25, 0.3) is 6.08 Å². The summed E-state index contributed by atoms with van der Waals surface area (Å²) in [6.45, 7) is 0.0982. The second kappa shape index (κ2) is 10.8. The van der Waals surface area contributed by atoms with E-state index in [9.17, 15) is 14.4 Å². The van der Waals surface area contributed by atoms with Gasteiger partial charge >= 0.3 is 0 Å². The molecule has 0 aromatic heterocycles. The number of nitrogens with zero attached hydrogens (tertiary/aromatic N) is 1. The smallest absolute Gasteiger partial charge is 0.269 e. The molecular weight excluding hydrogens is 450 g/mol. The molecule has 1 saturated heterocycles. The van der Waals surface area contributed by atoms with Crippen molar-refractivity contribution < 1.29 is 23.9 Å². The van der Waals surface area contributed by atoms with Gasteiger partial charge in [0.1, 0.15) is 4.32 Å². The summed E-state index contributed by atoms with van der Waals surface area (Å²) in [5.41, 5.74) is 5.86. The van der Waals surface area contributed by atoms with E-state index in [1.54, 1.807) is 61.7 Å². The molecule has 2 aromatic carbocycles. The van der Waals surface area contributed by atoms with Crippen LogP contribution in [0.15, 0.2) is 53.4 Å². The van der Waals surface area contributed by atoms with Crippen LogP contribution >= 0.6 is 24.0 Å². The summed E-state index contributed by atoms with van der Waals surface area (Å²) in [7, 11) is 3.08. The molecular formula is C22H21N3O5S2. The molecule has 2 aromatic rings. The first-order valence-electron chi connectivity index (χ1n) is 9.54. The molecule has 1 fully saturated rings. The van der Waals surface area contributed by atoms with E-state index in [4.69, 9.17) is 21.7 Å². The Balaban J connectivity index is 1.56. The third kappa shape index (κ3) is 5.65. The summed E-state index contributed by atoms with van der Waals surface area (Å²) in [5, 5.41) is 0. The molecule has 1 heterocycles. The van der Waals surface area contributed by atoms with E-state index in [0.717, 1.165) is 17.3 Å². The number of hydrogen-bond donors (Lipinski definition) is 2. The number of hydrogen-bond acceptors (Lipinski definition) is 7. The van der Waals surface area contributed by atoms with E-state index in [1.807, 2.05) is 0 Å². The Labute approximate surface area is 194 Å². The molecule has 0 spiro atoms. The predicted octanol–water partition coefficient (Wildman–Crippen LogP) is 2.76. The Morgan fingerprint density at radius 2 is 1.78 bits per heavy atom. The van der Waals surface area contributed by atoms with Crippen LogP contribution in [-0.2, 0) is 9.59 Å². The van der Waals surface area contributed by atoms with E-state index >= 15 is 0 Å². The monoisotopic (exact) mass is 471 g/mol. The highest BCUT2D eigenvalue weighted by Crippen LogP contribution is 2.34. The maximum Gasteiger partial charge on any atom is 0.269 e. The third-order valence-corrected chi connectivity index (χ3v) is 5.87. The molecule has 32 heavy (non-hydrogen) atoms. The summed E-state index contributed by atoms with van der Waals surface area (Å²) in [6, 6.07) is 13.8. The molecule has 2 N–H and O–H groups in total. The fourth-order valence-corrected chi connectivity index (χ4v) is 4.16. The number of benzene rings is 2. The average Bonchev–Trinajstić information content (AvgIpc) is 3.08. The first-order chi connectivity index (χ1) is 15.4. The zero-order chi connectivity index (χ0) is 23.1. The molecule has 166 valence electrons. The normalized spacial score (nSPS) is 14.4. The van der Waals surface area contributed by atoms with Gasteiger partial charge in [0, 0.05) is 18.5 Å². The molecule has 1 aliphatic heterocycles. The zero-order valence-electron chi connectivity index (χ0n) is 17.4. The molecule has 10 heteroatoms.